The molecule has 0 bridgehead atoms. The van der Waals surface area contributed by atoms with Crippen LogP contribution in [0.25, 0.3) is 0 Å². The molecule has 0 rings (SSSR count). The predicted octanol–water partition coefficient (Wildman–Crippen LogP) is -1.25. The van der Waals surface area contributed by atoms with Gasteiger partial charge in [0.2, 0.25) is 0 Å². The van der Waals surface area contributed by atoms with Crippen molar-refractivity contribution >= 4 is 17.9 Å². The Labute approximate surface area is 106 Å². The summed E-state index contributed by atoms with van der Waals surface area (Å²) >= 11 is 0. The van der Waals surface area contributed by atoms with Crippen LogP contribution in [0.4, 0.5) is 0 Å². The van der Waals surface area contributed by atoms with E-state index in [4.69, 9.17) is 20.4 Å². The minimum absolute atomic E-state index is 0. The van der Waals surface area contributed by atoms with Crippen LogP contribution in [0.15, 0.2) is 0 Å². The summed E-state index contributed by atoms with van der Waals surface area (Å²) in [7, 11) is 0. The van der Waals surface area contributed by atoms with E-state index in [0.29, 0.717) is 0 Å². The zero-order chi connectivity index (χ0) is 10.6. The molecule has 0 spiro atoms. The molecule has 0 unspecified atom stereocenters. The Morgan fingerprint density at radius 1 is 0.933 bits per heavy atom. The van der Waals surface area contributed by atoms with E-state index in [-0.39, 0.29) is 34.4 Å². The molecule has 0 aromatic heterocycles. The summed E-state index contributed by atoms with van der Waals surface area (Å²) in [5, 5.41) is 33.8. The van der Waals surface area contributed by atoms with E-state index in [0.717, 1.165) is 0 Å². The fourth-order valence-corrected chi connectivity index (χ4v) is 0.714. The molecule has 0 aliphatic carbocycles. The normalized spacial score (nSPS) is 9.40. The van der Waals surface area contributed by atoms with E-state index >= 15 is 0 Å². The van der Waals surface area contributed by atoms with Gasteiger partial charge in [-0.3, -0.25) is 9.59 Å². The zero-order valence-electron chi connectivity index (χ0n) is 7.14. The molecule has 7 nitrogen and oxygen atoms in total. The average Bonchev–Trinajstić information content (AvgIpc) is 1.82. The van der Waals surface area contributed by atoms with E-state index in [1.54, 1.807) is 0 Å². The first-order valence-corrected chi connectivity index (χ1v) is 3.17. The van der Waals surface area contributed by atoms with E-state index in [2.05, 4.69) is 0 Å². The van der Waals surface area contributed by atoms with Gasteiger partial charge < -0.3 is 20.4 Å². The van der Waals surface area contributed by atoms with Gasteiger partial charge in [-0.15, -0.1) is 0 Å². The third kappa shape index (κ3) is 7.36. The number of carboxylic acid groups (broad SMARTS) is 3. The minimum atomic E-state index is -2.74. The van der Waals surface area contributed by atoms with Crippen molar-refractivity contribution in [2.24, 2.45) is 0 Å². The van der Waals surface area contributed by atoms with Crippen LogP contribution < -0.4 is 0 Å². The van der Waals surface area contributed by atoms with Gasteiger partial charge in [0.25, 0.3) is 0 Å². The number of rotatable bonds is 5. The molecule has 0 aliphatic rings. The van der Waals surface area contributed by atoms with Gasteiger partial charge in [0.15, 0.2) is 5.60 Å². The predicted molar refractivity (Wildman–Crippen MR) is 37.1 cm³/mol. The summed E-state index contributed by atoms with van der Waals surface area (Å²) in [6.07, 6.45) is -2.29. The van der Waals surface area contributed by atoms with Crippen LogP contribution in [0.5, 0.6) is 0 Å². The van der Waals surface area contributed by atoms with Gasteiger partial charge in [-0.25, -0.2) is 4.79 Å². The maximum atomic E-state index is 10.3. The molecule has 0 saturated carbocycles. The van der Waals surface area contributed by atoms with Gasteiger partial charge in [0.1, 0.15) is 0 Å². The van der Waals surface area contributed by atoms with E-state index in [9.17, 15) is 14.4 Å². The Morgan fingerprint density at radius 3 is 1.33 bits per heavy atom. The summed E-state index contributed by atoms with van der Waals surface area (Å²) in [5.41, 5.74) is -2.74. The summed E-state index contributed by atoms with van der Waals surface area (Å²) in [4.78, 5) is 30.5. The number of carbonyl (C=O) groups is 3. The molecule has 15 heavy (non-hydrogen) atoms. The number of hydrogen-bond acceptors (Lipinski definition) is 4. The van der Waals surface area contributed by atoms with Crippen molar-refractivity contribution < 1.29 is 69.2 Å². The maximum absolute atomic E-state index is 10.3. The molecule has 0 aromatic carbocycles. The van der Waals surface area contributed by atoms with Gasteiger partial charge in [0.05, 0.1) is 12.8 Å². The molecule has 91 valence electrons. The minimum Gasteiger partial charge on any atom is -0.481 e. The van der Waals surface area contributed by atoms with E-state index < -0.39 is 36.4 Å². The SMILES string of the molecule is O=C(O)CC(O)(CC(=O)O)C(=O)O.[Cr].[Cu]. The van der Waals surface area contributed by atoms with Crippen molar-refractivity contribution in [3.05, 3.63) is 0 Å². The van der Waals surface area contributed by atoms with Crippen molar-refractivity contribution in [2.75, 3.05) is 0 Å². The van der Waals surface area contributed by atoms with E-state index in [1.165, 1.54) is 0 Å². The Kier molecular flexibility index (Phi) is 10.2. The van der Waals surface area contributed by atoms with Gasteiger partial charge in [-0.1, -0.05) is 0 Å². The molecule has 0 saturated heterocycles. The average molecular weight is 308 g/mol. The molecular formula is C6H8CrCuO7. The molecule has 0 amide bonds. The Balaban J connectivity index is -0.000000720. The fourth-order valence-electron chi connectivity index (χ4n) is 0.714. The molecule has 4 N–H and O–H groups in total. The smallest absolute Gasteiger partial charge is 0.336 e. The first-order valence-electron chi connectivity index (χ1n) is 3.17. The van der Waals surface area contributed by atoms with Crippen molar-refractivity contribution in [2.45, 2.75) is 18.4 Å². The quantitative estimate of drug-likeness (QED) is 0.466. The molecular weight excluding hydrogens is 300 g/mol. The second-order valence-corrected chi connectivity index (χ2v) is 2.48. The second kappa shape index (κ2) is 7.68. The fraction of sp³-hybridized carbons (Fsp3) is 0.500. The van der Waals surface area contributed by atoms with Crippen LogP contribution in [-0.4, -0.2) is 43.9 Å². The van der Waals surface area contributed by atoms with Gasteiger partial charge in [0, 0.05) is 34.4 Å². The first kappa shape index (κ1) is 19.9. The van der Waals surface area contributed by atoms with Crippen molar-refractivity contribution in [3.8, 4) is 0 Å². The molecule has 0 fully saturated rings. The van der Waals surface area contributed by atoms with Crippen LogP contribution in [-0.2, 0) is 48.8 Å². The molecule has 0 aliphatic heterocycles. The van der Waals surface area contributed by atoms with Crippen LogP contribution in [0.2, 0.25) is 0 Å². The summed E-state index contributed by atoms with van der Waals surface area (Å²) in [6.45, 7) is 0. The monoisotopic (exact) mass is 307 g/mol. The zero-order valence-corrected chi connectivity index (χ0v) is 9.35. The summed E-state index contributed by atoms with van der Waals surface area (Å²) in [5.74, 6) is -5.02. The van der Waals surface area contributed by atoms with Crippen LogP contribution in [0.3, 0.4) is 0 Å². The number of aliphatic hydroxyl groups is 1. The maximum Gasteiger partial charge on any atom is 0.336 e. The van der Waals surface area contributed by atoms with E-state index in [1.807, 2.05) is 0 Å². The van der Waals surface area contributed by atoms with Crippen molar-refractivity contribution in [1.82, 2.24) is 0 Å². The number of aliphatic carboxylic acids is 3. The Morgan fingerprint density at radius 2 is 1.20 bits per heavy atom. The van der Waals surface area contributed by atoms with Gasteiger partial charge >= 0.3 is 17.9 Å². The molecule has 1 radical (unpaired) electrons. The van der Waals surface area contributed by atoms with Gasteiger partial charge in [-0.2, -0.15) is 0 Å². The van der Waals surface area contributed by atoms with Crippen molar-refractivity contribution in [1.29, 1.82) is 0 Å². The number of hydrogen-bond donors (Lipinski definition) is 4. The molecule has 0 aromatic rings. The molecule has 9 heteroatoms. The summed E-state index contributed by atoms with van der Waals surface area (Å²) < 4.78 is 0. The van der Waals surface area contributed by atoms with Crippen LogP contribution in [0.1, 0.15) is 12.8 Å². The Hall–Kier alpha value is -0.578. The molecule has 0 atom stereocenters. The van der Waals surface area contributed by atoms with Crippen molar-refractivity contribution in [3.63, 3.8) is 0 Å². The van der Waals surface area contributed by atoms with Gasteiger partial charge in [-0.05, 0) is 0 Å². The second-order valence-electron chi connectivity index (χ2n) is 2.48. The summed E-state index contributed by atoms with van der Waals surface area (Å²) in [6, 6.07) is 0. The third-order valence-electron chi connectivity index (χ3n) is 1.29. The standard InChI is InChI=1S/C6H8O7.Cr.Cu/c7-3(8)1-6(13,5(11)12)2-4(9)10;;/h13H,1-2H2,(H,7,8)(H,9,10)(H,11,12);;. The van der Waals surface area contributed by atoms with Crippen LogP contribution >= 0.6 is 0 Å². The Bertz CT molecular complexity index is 238. The largest absolute Gasteiger partial charge is 0.481 e. The topological polar surface area (TPSA) is 132 Å². The number of carboxylic acids is 3. The first-order chi connectivity index (χ1) is 5.78. The third-order valence-corrected chi connectivity index (χ3v) is 1.29. The molecule has 0 heterocycles. The van der Waals surface area contributed by atoms with Crippen LogP contribution in [0, 0.1) is 0 Å².